The maximum Gasteiger partial charge on any atom is -0.0176 e. The Hall–Kier alpha value is -0.520. The second-order valence-corrected chi connectivity index (χ2v) is 4.67. The second kappa shape index (κ2) is 4.49. The van der Waals surface area contributed by atoms with Crippen molar-refractivity contribution in [3.63, 3.8) is 0 Å². The number of hydrogen-bond donors (Lipinski definition) is 0. The smallest absolute Gasteiger partial charge is 0.0176 e. The van der Waals surface area contributed by atoms with Crippen LogP contribution in [0.2, 0.25) is 0 Å². The van der Waals surface area contributed by atoms with Crippen LogP contribution >= 0.6 is 0 Å². The summed E-state index contributed by atoms with van der Waals surface area (Å²) in [5.41, 5.74) is 3.02. The molecule has 0 bridgehead atoms. The lowest BCUT2D eigenvalue weighted by Crippen LogP contribution is -2.07. The minimum Gasteiger partial charge on any atom is -0.0993 e. The van der Waals surface area contributed by atoms with Gasteiger partial charge in [0.1, 0.15) is 0 Å². The first-order chi connectivity index (χ1) is 5.34. The van der Waals surface area contributed by atoms with Crippen LogP contribution in [0.4, 0.5) is 0 Å². The Balaban J connectivity index is 3.82. The zero-order valence-electron chi connectivity index (χ0n) is 9.20. The average Bonchev–Trinajstić information content (AvgIpc) is 1.84. The Morgan fingerprint density at radius 1 is 1.25 bits per heavy atom. The summed E-state index contributed by atoms with van der Waals surface area (Å²) in [6, 6.07) is 0. The van der Waals surface area contributed by atoms with Gasteiger partial charge in [-0.3, -0.25) is 0 Å². The highest BCUT2D eigenvalue weighted by atomic mass is 14.2. The predicted molar refractivity (Wildman–Crippen MR) is 57.3 cm³/mol. The lowest BCUT2D eigenvalue weighted by atomic mass is 9.85. The molecule has 0 aromatic heterocycles. The van der Waals surface area contributed by atoms with Crippen molar-refractivity contribution in [2.24, 2.45) is 5.41 Å². The van der Waals surface area contributed by atoms with E-state index in [0.717, 1.165) is 12.8 Å². The Bertz CT molecular complexity index is 173. The topological polar surface area (TPSA) is 0 Å². The van der Waals surface area contributed by atoms with Crippen LogP contribution in [0, 0.1) is 5.41 Å². The SMILES string of the molecule is C=C(CCC=C(C)C)C(C)(C)C. The average molecular weight is 166 g/mol. The van der Waals surface area contributed by atoms with E-state index in [9.17, 15) is 0 Å². The zero-order chi connectivity index (χ0) is 9.78. The van der Waals surface area contributed by atoms with Crippen LogP contribution < -0.4 is 0 Å². The van der Waals surface area contributed by atoms with Crippen LogP contribution in [0.15, 0.2) is 23.8 Å². The summed E-state index contributed by atoms with van der Waals surface area (Å²) in [6.07, 6.45) is 4.53. The van der Waals surface area contributed by atoms with Gasteiger partial charge in [0.25, 0.3) is 0 Å². The minimum absolute atomic E-state index is 0.273. The van der Waals surface area contributed by atoms with E-state index < -0.39 is 0 Å². The van der Waals surface area contributed by atoms with Crippen LogP contribution in [-0.2, 0) is 0 Å². The van der Waals surface area contributed by atoms with E-state index >= 15 is 0 Å². The molecule has 0 aliphatic carbocycles. The highest BCUT2D eigenvalue weighted by Gasteiger charge is 2.13. The molecule has 0 nitrogen and oxygen atoms in total. The van der Waals surface area contributed by atoms with Gasteiger partial charge in [-0.25, -0.2) is 0 Å². The summed E-state index contributed by atoms with van der Waals surface area (Å²) in [5, 5.41) is 0. The minimum atomic E-state index is 0.273. The van der Waals surface area contributed by atoms with Gasteiger partial charge in [-0.15, -0.1) is 0 Å². The number of hydrogen-bond acceptors (Lipinski definition) is 0. The van der Waals surface area contributed by atoms with Gasteiger partial charge in [-0.1, -0.05) is 44.6 Å². The van der Waals surface area contributed by atoms with Gasteiger partial charge in [-0.2, -0.15) is 0 Å². The van der Waals surface area contributed by atoms with Gasteiger partial charge in [0.2, 0.25) is 0 Å². The first kappa shape index (κ1) is 11.5. The molecule has 0 saturated heterocycles. The van der Waals surface area contributed by atoms with E-state index in [1.165, 1.54) is 11.1 Å². The summed E-state index contributed by atoms with van der Waals surface area (Å²) in [4.78, 5) is 0. The maximum atomic E-state index is 4.09. The molecule has 0 heterocycles. The van der Waals surface area contributed by atoms with E-state index in [0.29, 0.717) is 0 Å². The van der Waals surface area contributed by atoms with Crippen molar-refractivity contribution < 1.29 is 0 Å². The van der Waals surface area contributed by atoms with Crippen LogP contribution in [0.3, 0.4) is 0 Å². The van der Waals surface area contributed by atoms with Crippen LogP contribution in [-0.4, -0.2) is 0 Å². The molecule has 0 aromatic carbocycles. The van der Waals surface area contributed by atoms with Crippen LogP contribution in [0.5, 0.6) is 0 Å². The van der Waals surface area contributed by atoms with Crippen molar-refractivity contribution in [3.8, 4) is 0 Å². The lowest BCUT2D eigenvalue weighted by molar-refractivity contribution is 0.485. The Labute approximate surface area is 77.4 Å². The molecule has 0 aliphatic heterocycles. The van der Waals surface area contributed by atoms with Crippen molar-refractivity contribution in [1.82, 2.24) is 0 Å². The van der Waals surface area contributed by atoms with Gasteiger partial charge < -0.3 is 0 Å². The van der Waals surface area contributed by atoms with Crippen molar-refractivity contribution in [1.29, 1.82) is 0 Å². The number of rotatable bonds is 3. The molecule has 0 unspecified atom stereocenters. The van der Waals surface area contributed by atoms with E-state index in [4.69, 9.17) is 0 Å². The van der Waals surface area contributed by atoms with E-state index in [1.807, 2.05) is 0 Å². The monoisotopic (exact) mass is 166 g/mol. The fourth-order valence-electron chi connectivity index (χ4n) is 0.910. The third kappa shape index (κ3) is 5.17. The molecule has 70 valence electrons. The summed E-state index contributed by atoms with van der Waals surface area (Å²) in [5.74, 6) is 0. The fraction of sp³-hybridized carbons (Fsp3) is 0.667. The van der Waals surface area contributed by atoms with Gasteiger partial charge >= 0.3 is 0 Å². The first-order valence-electron chi connectivity index (χ1n) is 4.65. The zero-order valence-corrected chi connectivity index (χ0v) is 9.20. The van der Waals surface area contributed by atoms with Crippen LogP contribution in [0.1, 0.15) is 47.5 Å². The van der Waals surface area contributed by atoms with Crippen molar-refractivity contribution in [2.45, 2.75) is 47.5 Å². The fourth-order valence-corrected chi connectivity index (χ4v) is 0.910. The Kier molecular flexibility index (Phi) is 4.30. The van der Waals surface area contributed by atoms with E-state index in [-0.39, 0.29) is 5.41 Å². The van der Waals surface area contributed by atoms with E-state index in [2.05, 4.69) is 47.3 Å². The highest BCUT2D eigenvalue weighted by Crippen LogP contribution is 2.27. The number of allylic oxidation sites excluding steroid dienone is 3. The molecule has 0 saturated carbocycles. The third-order valence-corrected chi connectivity index (χ3v) is 2.06. The molecular formula is C12H22. The quantitative estimate of drug-likeness (QED) is 0.547. The van der Waals surface area contributed by atoms with Gasteiger partial charge in [0.05, 0.1) is 0 Å². The molecular weight excluding hydrogens is 144 g/mol. The molecule has 0 heteroatoms. The van der Waals surface area contributed by atoms with Crippen molar-refractivity contribution >= 4 is 0 Å². The first-order valence-corrected chi connectivity index (χ1v) is 4.65. The largest absolute Gasteiger partial charge is 0.0993 e. The van der Waals surface area contributed by atoms with Gasteiger partial charge in [0, 0.05) is 0 Å². The molecule has 0 aromatic rings. The van der Waals surface area contributed by atoms with Crippen molar-refractivity contribution in [2.75, 3.05) is 0 Å². The Morgan fingerprint density at radius 2 is 1.75 bits per heavy atom. The van der Waals surface area contributed by atoms with Crippen LogP contribution in [0.25, 0.3) is 0 Å². The summed E-state index contributed by atoms with van der Waals surface area (Å²) in [7, 11) is 0. The second-order valence-electron chi connectivity index (χ2n) is 4.67. The summed E-state index contributed by atoms with van der Waals surface area (Å²) >= 11 is 0. The van der Waals surface area contributed by atoms with Crippen molar-refractivity contribution in [3.05, 3.63) is 23.8 Å². The molecule has 0 spiro atoms. The van der Waals surface area contributed by atoms with E-state index in [1.54, 1.807) is 0 Å². The standard InChI is InChI=1S/C12H22/c1-10(2)8-7-9-11(3)12(4,5)6/h8H,3,7,9H2,1-2,4-6H3. The molecule has 0 aliphatic rings. The molecule has 0 radical (unpaired) electrons. The lowest BCUT2D eigenvalue weighted by Gasteiger charge is -2.21. The maximum absolute atomic E-state index is 4.09. The summed E-state index contributed by atoms with van der Waals surface area (Å²) < 4.78 is 0. The molecule has 12 heavy (non-hydrogen) atoms. The summed E-state index contributed by atoms with van der Waals surface area (Å²) in [6.45, 7) is 15.0. The van der Waals surface area contributed by atoms with Gasteiger partial charge in [0.15, 0.2) is 0 Å². The van der Waals surface area contributed by atoms with Gasteiger partial charge in [-0.05, 0) is 32.1 Å². The molecule has 0 N–H and O–H groups in total. The molecule has 0 atom stereocenters. The molecule has 0 rings (SSSR count). The highest BCUT2D eigenvalue weighted by molar-refractivity contribution is 5.07. The Morgan fingerprint density at radius 3 is 2.08 bits per heavy atom. The normalized spacial score (nSPS) is 11.1. The third-order valence-electron chi connectivity index (χ3n) is 2.06. The molecule has 0 fully saturated rings. The molecule has 0 amide bonds. The predicted octanol–water partition coefficient (Wildman–Crippen LogP) is 4.34.